The van der Waals surface area contributed by atoms with Crippen molar-refractivity contribution in [2.24, 2.45) is 0 Å². The van der Waals surface area contributed by atoms with Gasteiger partial charge in [0.05, 0.1) is 18.4 Å². The van der Waals surface area contributed by atoms with Crippen LogP contribution in [-0.2, 0) is 11.3 Å². The number of nitrogen functional groups attached to an aromatic ring is 1. The number of methoxy groups -OCH3 is 1. The summed E-state index contributed by atoms with van der Waals surface area (Å²) in [7, 11) is 1.44. The first-order valence-electron chi connectivity index (χ1n) is 4.90. The molecule has 2 aromatic rings. The summed E-state index contributed by atoms with van der Waals surface area (Å²) in [4.78, 5) is 0. The van der Waals surface area contributed by atoms with Crippen molar-refractivity contribution >= 4 is 5.82 Å². The number of ether oxygens (including phenoxy) is 1. The number of rotatable bonds is 3. The van der Waals surface area contributed by atoms with Crippen LogP contribution < -0.4 is 5.73 Å². The number of nitrogens with one attached hydrogen (secondary N) is 1. The summed E-state index contributed by atoms with van der Waals surface area (Å²) >= 11 is 0. The number of nitrogens with two attached hydrogens (primary N) is 1. The van der Waals surface area contributed by atoms with Gasteiger partial charge in [0.1, 0.15) is 17.5 Å². The molecule has 0 aliphatic heterocycles. The molecule has 0 saturated carbocycles. The van der Waals surface area contributed by atoms with E-state index in [0.29, 0.717) is 0 Å². The number of nitrogens with zero attached hydrogens (tertiary/aromatic N) is 1. The molecule has 0 amide bonds. The van der Waals surface area contributed by atoms with Gasteiger partial charge in [-0.1, -0.05) is 6.07 Å². The average molecular weight is 239 g/mol. The van der Waals surface area contributed by atoms with Crippen LogP contribution >= 0.6 is 0 Å². The molecule has 3 N–H and O–H groups in total. The van der Waals surface area contributed by atoms with Gasteiger partial charge in [-0.25, -0.2) is 8.78 Å². The highest BCUT2D eigenvalue weighted by atomic mass is 19.1. The molecule has 0 atom stereocenters. The minimum Gasteiger partial charge on any atom is -0.384 e. The highest BCUT2D eigenvalue weighted by molar-refractivity contribution is 5.74. The molecule has 1 aromatic heterocycles. The van der Waals surface area contributed by atoms with Crippen molar-refractivity contribution in [1.82, 2.24) is 10.2 Å². The topological polar surface area (TPSA) is 63.9 Å². The number of aromatic amines is 1. The van der Waals surface area contributed by atoms with E-state index < -0.39 is 11.6 Å². The van der Waals surface area contributed by atoms with E-state index in [9.17, 15) is 8.78 Å². The van der Waals surface area contributed by atoms with Gasteiger partial charge in [0.25, 0.3) is 0 Å². The molecule has 4 nitrogen and oxygen atoms in total. The Hall–Kier alpha value is -1.95. The van der Waals surface area contributed by atoms with Crippen LogP contribution in [0.3, 0.4) is 0 Å². The first-order valence-corrected chi connectivity index (χ1v) is 4.90. The zero-order valence-electron chi connectivity index (χ0n) is 9.13. The third kappa shape index (κ3) is 1.99. The standard InChI is InChI=1S/C11H11F2N3O/c1-17-5-6-2-3-8(12)9(10(6)13)7-4-15-16-11(7)14/h2-4H,5H2,1H3,(H3,14,15,16). The minimum atomic E-state index is -0.685. The lowest BCUT2D eigenvalue weighted by Gasteiger charge is -2.08. The second kappa shape index (κ2) is 4.50. The fourth-order valence-electron chi connectivity index (χ4n) is 1.60. The van der Waals surface area contributed by atoms with Crippen LogP contribution in [0.5, 0.6) is 0 Å². The summed E-state index contributed by atoms with van der Waals surface area (Å²) in [5, 5.41) is 6.08. The molecule has 0 aliphatic carbocycles. The molecule has 2 rings (SSSR count). The maximum Gasteiger partial charge on any atom is 0.139 e. The largest absolute Gasteiger partial charge is 0.384 e. The fourth-order valence-corrected chi connectivity index (χ4v) is 1.60. The first-order chi connectivity index (χ1) is 8.15. The Morgan fingerprint density at radius 1 is 1.41 bits per heavy atom. The monoisotopic (exact) mass is 239 g/mol. The maximum atomic E-state index is 14.0. The van der Waals surface area contributed by atoms with Gasteiger partial charge in [0, 0.05) is 18.2 Å². The third-order valence-corrected chi connectivity index (χ3v) is 2.41. The summed E-state index contributed by atoms with van der Waals surface area (Å²) in [6.45, 7) is 0.0663. The van der Waals surface area contributed by atoms with E-state index in [1.165, 1.54) is 25.4 Å². The smallest absolute Gasteiger partial charge is 0.139 e. The van der Waals surface area contributed by atoms with E-state index in [1.54, 1.807) is 0 Å². The molecule has 0 aliphatic rings. The molecular formula is C11H11F2N3O. The summed E-state index contributed by atoms with van der Waals surface area (Å²) in [5.41, 5.74) is 5.84. The van der Waals surface area contributed by atoms with Gasteiger partial charge in [0.2, 0.25) is 0 Å². The molecule has 1 heterocycles. The van der Waals surface area contributed by atoms with Crippen molar-refractivity contribution in [1.29, 1.82) is 0 Å². The molecule has 17 heavy (non-hydrogen) atoms. The molecule has 0 spiro atoms. The zero-order valence-corrected chi connectivity index (χ0v) is 9.13. The average Bonchev–Trinajstić information content (AvgIpc) is 2.70. The highest BCUT2D eigenvalue weighted by Gasteiger charge is 2.18. The van der Waals surface area contributed by atoms with Gasteiger partial charge in [-0.05, 0) is 6.07 Å². The Labute approximate surface area is 96.4 Å². The second-order valence-electron chi connectivity index (χ2n) is 3.53. The summed E-state index contributed by atoms with van der Waals surface area (Å²) in [6, 6.07) is 2.52. The number of H-pyrrole nitrogens is 1. The number of hydrogen-bond acceptors (Lipinski definition) is 3. The van der Waals surface area contributed by atoms with E-state index >= 15 is 0 Å². The van der Waals surface area contributed by atoms with E-state index in [-0.39, 0.29) is 29.1 Å². The van der Waals surface area contributed by atoms with Gasteiger partial charge in [-0.15, -0.1) is 0 Å². The molecule has 0 radical (unpaired) electrons. The number of halogens is 2. The first kappa shape index (κ1) is 11.5. The Morgan fingerprint density at radius 3 is 2.76 bits per heavy atom. The number of hydrogen-bond donors (Lipinski definition) is 2. The van der Waals surface area contributed by atoms with Crippen LogP contribution in [0.1, 0.15) is 5.56 Å². The molecule has 0 fully saturated rings. The fraction of sp³-hybridized carbons (Fsp3) is 0.182. The van der Waals surface area contributed by atoms with Crippen LogP contribution in [0.2, 0.25) is 0 Å². The maximum absolute atomic E-state index is 14.0. The second-order valence-corrected chi connectivity index (χ2v) is 3.53. The quantitative estimate of drug-likeness (QED) is 0.861. The van der Waals surface area contributed by atoms with Crippen molar-refractivity contribution in [3.05, 3.63) is 35.5 Å². The van der Waals surface area contributed by atoms with Gasteiger partial charge in [-0.3, -0.25) is 5.10 Å². The van der Waals surface area contributed by atoms with Crippen molar-refractivity contribution < 1.29 is 13.5 Å². The van der Waals surface area contributed by atoms with E-state index in [4.69, 9.17) is 10.5 Å². The number of aromatic nitrogens is 2. The number of benzene rings is 1. The van der Waals surface area contributed by atoms with Crippen molar-refractivity contribution in [2.45, 2.75) is 6.61 Å². The lowest BCUT2D eigenvalue weighted by molar-refractivity contribution is 0.181. The van der Waals surface area contributed by atoms with Gasteiger partial charge in [0.15, 0.2) is 0 Å². The Bertz CT molecular complexity index is 540. The Kier molecular flexibility index (Phi) is 3.06. The van der Waals surface area contributed by atoms with Crippen molar-refractivity contribution in [3.63, 3.8) is 0 Å². The lowest BCUT2D eigenvalue weighted by Crippen LogP contribution is -1.99. The molecule has 0 bridgehead atoms. The summed E-state index contributed by atoms with van der Waals surface area (Å²) in [5.74, 6) is -1.24. The molecule has 0 saturated heterocycles. The third-order valence-electron chi connectivity index (χ3n) is 2.41. The Morgan fingerprint density at radius 2 is 2.18 bits per heavy atom. The molecule has 90 valence electrons. The minimum absolute atomic E-state index is 0.0663. The van der Waals surface area contributed by atoms with E-state index in [2.05, 4.69) is 10.2 Å². The lowest BCUT2D eigenvalue weighted by atomic mass is 10.0. The van der Waals surface area contributed by atoms with Crippen LogP contribution in [0.25, 0.3) is 11.1 Å². The van der Waals surface area contributed by atoms with Crippen LogP contribution in [-0.4, -0.2) is 17.3 Å². The van der Waals surface area contributed by atoms with Crippen molar-refractivity contribution in [2.75, 3.05) is 12.8 Å². The van der Waals surface area contributed by atoms with Crippen LogP contribution in [0, 0.1) is 11.6 Å². The van der Waals surface area contributed by atoms with E-state index in [0.717, 1.165) is 0 Å². The molecule has 6 heteroatoms. The van der Waals surface area contributed by atoms with Gasteiger partial charge >= 0.3 is 0 Å². The predicted molar refractivity (Wildman–Crippen MR) is 59.1 cm³/mol. The summed E-state index contributed by atoms with van der Waals surface area (Å²) < 4.78 is 32.5. The van der Waals surface area contributed by atoms with E-state index in [1.807, 2.05) is 0 Å². The van der Waals surface area contributed by atoms with Gasteiger partial charge in [-0.2, -0.15) is 5.10 Å². The molecule has 0 unspecified atom stereocenters. The van der Waals surface area contributed by atoms with Crippen LogP contribution in [0.4, 0.5) is 14.6 Å². The predicted octanol–water partition coefficient (Wildman–Crippen LogP) is 2.08. The molecular weight excluding hydrogens is 228 g/mol. The SMILES string of the molecule is COCc1ccc(F)c(-c2cn[nH]c2N)c1F. The number of anilines is 1. The van der Waals surface area contributed by atoms with Gasteiger partial charge < -0.3 is 10.5 Å². The normalized spacial score (nSPS) is 10.8. The zero-order chi connectivity index (χ0) is 12.4. The summed E-state index contributed by atoms with van der Waals surface area (Å²) in [6.07, 6.45) is 1.29. The highest BCUT2D eigenvalue weighted by Crippen LogP contribution is 2.31. The molecule has 1 aromatic carbocycles. The Balaban J connectivity index is 2.60. The van der Waals surface area contributed by atoms with Crippen LogP contribution in [0.15, 0.2) is 18.3 Å². The van der Waals surface area contributed by atoms with Crippen molar-refractivity contribution in [3.8, 4) is 11.1 Å².